The number of aromatic amines is 1. The summed E-state index contributed by atoms with van der Waals surface area (Å²) < 4.78 is 5.56. The second-order valence-corrected chi connectivity index (χ2v) is 5.75. The van der Waals surface area contributed by atoms with Crippen molar-refractivity contribution in [2.45, 2.75) is 0 Å². The second-order valence-electron chi connectivity index (χ2n) is 4.59. The van der Waals surface area contributed by atoms with Gasteiger partial charge in [0.1, 0.15) is 5.75 Å². The number of benzene rings is 1. The number of carboxylic acids is 1. The number of H-pyrrole nitrogens is 1. The van der Waals surface area contributed by atoms with Crippen molar-refractivity contribution in [2.24, 2.45) is 0 Å². The molecule has 2 heterocycles. The van der Waals surface area contributed by atoms with Crippen molar-refractivity contribution >= 4 is 35.2 Å². The van der Waals surface area contributed by atoms with Crippen molar-refractivity contribution in [3.8, 4) is 22.8 Å². The van der Waals surface area contributed by atoms with Gasteiger partial charge in [-0.2, -0.15) is 0 Å². The number of carbonyl (C=O) groups is 1. The van der Waals surface area contributed by atoms with Gasteiger partial charge in [-0.3, -0.25) is 4.98 Å². The highest BCUT2D eigenvalue weighted by molar-refractivity contribution is 7.28. The number of aromatic nitrogens is 4. The van der Waals surface area contributed by atoms with Crippen molar-refractivity contribution in [1.29, 1.82) is 0 Å². The highest BCUT2D eigenvalue weighted by Gasteiger charge is 2.17. The van der Waals surface area contributed by atoms with E-state index in [0.29, 0.717) is 5.75 Å². The van der Waals surface area contributed by atoms with E-state index in [4.69, 9.17) is 9.84 Å². The van der Waals surface area contributed by atoms with Crippen LogP contribution >= 0.6 is 18.5 Å². The standard InChI is InChI=1S/C14H12N4O3P2/c19-14(20)11-12(17-18-16-11)21-9-4-3-7(6-10(9)22)8-2-1-5-15-13(8)23/h1-6H,22-23H2,(H,19,20)(H,16,17,18). The Morgan fingerprint density at radius 1 is 1.26 bits per heavy atom. The van der Waals surface area contributed by atoms with Crippen molar-refractivity contribution in [1.82, 2.24) is 20.4 Å². The monoisotopic (exact) mass is 346 g/mol. The van der Waals surface area contributed by atoms with Gasteiger partial charge in [-0.1, -0.05) is 26.6 Å². The van der Waals surface area contributed by atoms with E-state index < -0.39 is 5.97 Å². The number of pyridine rings is 1. The maximum Gasteiger partial charge on any atom is 0.362 e. The Kier molecular flexibility index (Phi) is 4.33. The highest BCUT2D eigenvalue weighted by atomic mass is 31.0. The van der Waals surface area contributed by atoms with Gasteiger partial charge in [0.05, 0.1) is 5.44 Å². The first-order valence-electron chi connectivity index (χ1n) is 6.49. The van der Waals surface area contributed by atoms with Gasteiger partial charge in [0.25, 0.3) is 5.88 Å². The van der Waals surface area contributed by atoms with E-state index in [1.165, 1.54) is 0 Å². The Bertz CT molecular complexity index is 882. The van der Waals surface area contributed by atoms with Crippen molar-refractivity contribution in [3.05, 3.63) is 42.2 Å². The average molecular weight is 346 g/mol. The van der Waals surface area contributed by atoms with Crippen LogP contribution in [0.15, 0.2) is 36.5 Å². The molecule has 23 heavy (non-hydrogen) atoms. The highest BCUT2D eigenvalue weighted by Crippen LogP contribution is 2.25. The van der Waals surface area contributed by atoms with Crippen molar-refractivity contribution < 1.29 is 14.6 Å². The summed E-state index contributed by atoms with van der Waals surface area (Å²) in [6, 6.07) is 9.37. The summed E-state index contributed by atoms with van der Waals surface area (Å²) in [5.74, 6) is -0.734. The van der Waals surface area contributed by atoms with Crippen LogP contribution in [0.5, 0.6) is 11.6 Å². The summed E-state index contributed by atoms with van der Waals surface area (Å²) in [4.78, 5) is 15.3. The van der Waals surface area contributed by atoms with Crippen LogP contribution in [0.25, 0.3) is 11.1 Å². The van der Waals surface area contributed by atoms with Crippen LogP contribution < -0.4 is 15.5 Å². The van der Waals surface area contributed by atoms with E-state index in [0.717, 1.165) is 21.9 Å². The molecule has 0 aliphatic carbocycles. The molecule has 2 aromatic heterocycles. The molecule has 9 heteroatoms. The molecule has 116 valence electrons. The number of rotatable bonds is 4. The van der Waals surface area contributed by atoms with Gasteiger partial charge in [0.15, 0.2) is 0 Å². The minimum Gasteiger partial charge on any atom is -0.476 e. The van der Waals surface area contributed by atoms with E-state index in [-0.39, 0.29) is 11.6 Å². The lowest BCUT2D eigenvalue weighted by Crippen LogP contribution is -2.05. The van der Waals surface area contributed by atoms with Crippen molar-refractivity contribution in [2.75, 3.05) is 0 Å². The summed E-state index contributed by atoms with van der Waals surface area (Å²) >= 11 is 0. The summed E-state index contributed by atoms with van der Waals surface area (Å²) in [6.07, 6.45) is 1.73. The van der Waals surface area contributed by atoms with Gasteiger partial charge < -0.3 is 9.84 Å². The molecule has 2 unspecified atom stereocenters. The van der Waals surface area contributed by atoms with E-state index in [2.05, 4.69) is 38.9 Å². The number of hydrogen-bond acceptors (Lipinski definition) is 5. The maximum absolute atomic E-state index is 11.0. The van der Waals surface area contributed by atoms with E-state index in [1.807, 2.05) is 24.3 Å². The predicted octanol–water partition coefficient (Wildman–Crippen LogP) is 1.36. The molecule has 0 spiro atoms. The molecule has 2 atom stereocenters. The molecule has 0 fully saturated rings. The zero-order chi connectivity index (χ0) is 16.4. The van der Waals surface area contributed by atoms with Crippen LogP contribution in [0.4, 0.5) is 0 Å². The second kappa shape index (κ2) is 6.41. The van der Waals surface area contributed by atoms with Gasteiger partial charge in [0, 0.05) is 17.1 Å². The molecule has 0 aliphatic heterocycles. The van der Waals surface area contributed by atoms with Gasteiger partial charge in [-0.25, -0.2) is 9.89 Å². The number of aromatic carboxylic acids is 1. The Balaban J connectivity index is 1.93. The van der Waals surface area contributed by atoms with E-state index in [1.54, 1.807) is 12.3 Å². The number of ether oxygens (including phenoxy) is 1. The molecule has 0 saturated carbocycles. The average Bonchev–Trinajstić information content (AvgIpc) is 2.98. The topological polar surface area (TPSA) is 101 Å². The Labute approximate surface area is 135 Å². The summed E-state index contributed by atoms with van der Waals surface area (Å²) in [6.45, 7) is 0. The molecule has 0 aliphatic rings. The largest absolute Gasteiger partial charge is 0.476 e. The summed E-state index contributed by atoms with van der Waals surface area (Å²) in [5, 5.41) is 19.1. The molecule has 3 aromatic rings. The number of hydrogen-bond donors (Lipinski definition) is 2. The summed E-state index contributed by atoms with van der Waals surface area (Å²) in [5.41, 5.74) is 2.54. The molecular weight excluding hydrogens is 334 g/mol. The zero-order valence-electron chi connectivity index (χ0n) is 11.7. The van der Waals surface area contributed by atoms with Crippen LogP contribution in [-0.2, 0) is 0 Å². The van der Waals surface area contributed by atoms with Gasteiger partial charge in [-0.15, -0.1) is 14.3 Å². The Morgan fingerprint density at radius 3 is 2.78 bits per heavy atom. The fourth-order valence-corrected chi connectivity index (χ4v) is 2.69. The SMILES string of the molecule is O=C(O)c1nn[nH]c1Oc1ccc(-c2cccnc2P)cc1P. The lowest BCUT2D eigenvalue weighted by molar-refractivity contribution is 0.0687. The lowest BCUT2D eigenvalue weighted by atomic mass is 10.1. The van der Waals surface area contributed by atoms with E-state index in [9.17, 15) is 4.79 Å². The van der Waals surface area contributed by atoms with Crippen LogP contribution in [0, 0.1) is 0 Å². The van der Waals surface area contributed by atoms with E-state index >= 15 is 0 Å². The van der Waals surface area contributed by atoms with Crippen LogP contribution in [0.1, 0.15) is 10.5 Å². The molecule has 0 radical (unpaired) electrons. The summed E-state index contributed by atoms with van der Waals surface area (Å²) in [7, 11) is 5.16. The number of nitrogens with zero attached hydrogens (tertiary/aromatic N) is 3. The minimum atomic E-state index is -1.21. The lowest BCUT2D eigenvalue weighted by Gasteiger charge is -2.10. The first kappa shape index (κ1) is 15.5. The number of nitrogens with one attached hydrogen (secondary N) is 1. The maximum atomic E-state index is 11.0. The predicted molar refractivity (Wildman–Crippen MR) is 91.8 cm³/mol. The van der Waals surface area contributed by atoms with Crippen molar-refractivity contribution in [3.63, 3.8) is 0 Å². The quantitative estimate of drug-likeness (QED) is 0.692. The van der Waals surface area contributed by atoms with Gasteiger partial charge in [0.2, 0.25) is 5.69 Å². The van der Waals surface area contributed by atoms with Gasteiger partial charge in [-0.05, 0) is 23.8 Å². The molecular formula is C14H12N4O3P2. The van der Waals surface area contributed by atoms with Crippen LogP contribution in [-0.4, -0.2) is 31.5 Å². The minimum absolute atomic E-state index is 0.0120. The van der Waals surface area contributed by atoms with Gasteiger partial charge >= 0.3 is 5.97 Å². The third-order valence-corrected chi connectivity index (χ3v) is 4.00. The Morgan fingerprint density at radius 2 is 2.09 bits per heavy atom. The third kappa shape index (κ3) is 3.21. The molecule has 3 rings (SSSR count). The fourth-order valence-electron chi connectivity index (χ4n) is 2.01. The first-order valence-corrected chi connectivity index (χ1v) is 7.64. The molecule has 7 nitrogen and oxygen atoms in total. The normalized spacial score (nSPS) is 10.5. The smallest absolute Gasteiger partial charge is 0.362 e. The van der Waals surface area contributed by atoms with Crippen LogP contribution in [0.2, 0.25) is 0 Å². The zero-order valence-corrected chi connectivity index (χ0v) is 14.0. The van der Waals surface area contributed by atoms with Crippen LogP contribution in [0.3, 0.4) is 0 Å². The molecule has 1 aromatic carbocycles. The molecule has 0 amide bonds. The number of carboxylic acid groups (broad SMARTS) is 1. The fraction of sp³-hybridized carbons (Fsp3) is 0. The Hall–Kier alpha value is -2.36. The third-order valence-electron chi connectivity index (χ3n) is 3.09. The molecule has 0 bridgehead atoms. The first-order chi connectivity index (χ1) is 11.1. The molecule has 2 N–H and O–H groups in total. The molecule has 0 saturated heterocycles.